The van der Waals surface area contributed by atoms with Crippen LogP contribution in [0.1, 0.15) is 32.3 Å². The van der Waals surface area contributed by atoms with Crippen molar-refractivity contribution in [2.45, 2.75) is 32.8 Å². The molecule has 0 heterocycles. The highest BCUT2D eigenvalue weighted by atomic mass is 79.9. The molecule has 1 rings (SSSR count). The van der Waals surface area contributed by atoms with Crippen LogP contribution in [0.5, 0.6) is 0 Å². The molecule has 17 heavy (non-hydrogen) atoms. The number of hydrogen-bond acceptors (Lipinski definition) is 3. The fourth-order valence-corrected chi connectivity index (χ4v) is 2.71. The molecule has 0 radical (unpaired) electrons. The lowest BCUT2D eigenvalue weighted by Gasteiger charge is -2.25. The molecule has 0 aliphatic rings. The van der Waals surface area contributed by atoms with E-state index >= 15 is 0 Å². The molecule has 2 unspecified atom stereocenters. The van der Waals surface area contributed by atoms with E-state index in [-0.39, 0.29) is 17.5 Å². The Morgan fingerprint density at radius 3 is 2.29 bits per heavy atom. The van der Waals surface area contributed by atoms with Crippen LogP contribution in [-0.4, -0.2) is 16.1 Å². The van der Waals surface area contributed by atoms with Crippen LogP contribution in [-0.2, 0) is 0 Å². The number of benzene rings is 1. The highest BCUT2D eigenvalue weighted by Crippen LogP contribution is 2.35. The predicted molar refractivity (Wildman–Crippen MR) is 70.1 cm³/mol. The molecule has 0 spiro atoms. The second-order valence-corrected chi connectivity index (χ2v) is 5.33. The largest absolute Gasteiger partial charge is 0.393 e. The lowest BCUT2D eigenvalue weighted by atomic mass is 9.84. The van der Waals surface area contributed by atoms with Gasteiger partial charge in [0, 0.05) is 22.5 Å². The molecule has 0 aromatic heterocycles. The second kappa shape index (κ2) is 5.60. The Labute approximate surface area is 109 Å². The van der Waals surface area contributed by atoms with Crippen molar-refractivity contribution in [3.63, 3.8) is 0 Å². The molecule has 94 valence electrons. The van der Waals surface area contributed by atoms with Crippen molar-refractivity contribution in [3.05, 3.63) is 38.3 Å². The van der Waals surface area contributed by atoms with Gasteiger partial charge in [-0.1, -0.05) is 35.8 Å². The molecule has 4 nitrogen and oxygen atoms in total. The number of nitrogens with zero attached hydrogens (tertiary/aromatic N) is 1. The molecular weight excluding hydrogens is 286 g/mol. The third kappa shape index (κ3) is 3.26. The topological polar surface area (TPSA) is 63.4 Å². The third-order valence-electron chi connectivity index (χ3n) is 2.79. The van der Waals surface area contributed by atoms with Crippen molar-refractivity contribution in [3.8, 4) is 0 Å². The first-order chi connectivity index (χ1) is 7.84. The summed E-state index contributed by atoms with van der Waals surface area (Å²) in [4.78, 5) is 10.2. The van der Waals surface area contributed by atoms with Crippen LogP contribution >= 0.6 is 15.9 Å². The van der Waals surface area contributed by atoms with Crippen LogP contribution in [0.3, 0.4) is 0 Å². The molecule has 0 bridgehead atoms. The van der Waals surface area contributed by atoms with Crippen LogP contribution < -0.4 is 0 Å². The lowest BCUT2D eigenvalue weighted by molar-refractivity contribution is -0.385. The number of non-ortho nitro benzene ring substituents is 1. The van der Waals surface area contributed by atoms with E-state index in [1.165, 1.54) is 12.1 Å². The van der Waals surface area contributed by atoms with E-state index in [2.05, 4.69) is 15.9 Å². The maximum absolute atomic E-state index is 10.6. The van der Waals surface area contributed by atoms with Gasteiger partial charge in [-0.05, 0) is 18.4 Å². The monoisotopic (exact) mass is 301 g/mol. The van der Waals surface area contributed by atoms with Gasteiger partial charge in [-0.25, -0.2) is 0 Å². The van der Waals surface area contributed by atoms with Crippen LogP contribution in [0, 0.1) is 16.0 Å². The zero-order valence-electron chi connectivity index (χ0n) is 10.1. The highest BCUT2D eigenvalue weighted by Gasteiger charge is 2.24. The van der Waals surface area contributed by atoms with Gasteiger partial charge in [0.25, 0.3) is 5.69 Å². The zero-order chi connectivity index (χ0) is 13.2. The molecule has 0 saturated carbocycles. The number of nitro groups is 1. The van der Waals surface area contributed by atoms with Crippen molar-refractivity contribution in [1.82, 2.24) is 0 Å². The van der Waals surface area contributed by atoms with E-state index in [0.29, 0.717) is 4.47 Å². The number of rotatable bonds is 4. The fourth-order valence-electron chi connectivity index (χ4n) is 2.08. The normalized spacial score (nSPS) is 14.7. The Balaban J connectivity index is 3.18. The molecule has 0 amide bonds. The average Bonchev–Trinajstić information content (AvgIpc) is 2.19. The van der Waals surface area contributed by atoms with E-state index in [1.807, 2.05) is 13.8 Å². The Hall–Kier alpha value is -0.940. The van der Waals surface area contributed by atoms with Crippen molar-refractivity contribution in [2.75, 3.05) is 0 Å². The number of aliphatic hydroxyl groups excluding tert-OH is 1. The summed E-state index contributed by atoms with van der Waals surface area (Å²) in [7, 11) is 0. The van der Waals surface area contributed by atoms with Gasteiger partial charge in [0.15, 0.2) is 0 Å². The first-order valence-corrected chi connectivity index (χ1v) is 6.25. The van der Waals surface area contributed by atoms with Crippen LogP contribution in [0.2, 0.25) is 0 Å². The van der Waals surface area contributed by atoms with Crippen molar-refractivity contribution in [2.24, 2.45) is 5.92 Å². The van der Waals surface area contributed by atoms with E-state index in [1.54, 1.807) is 13.0 Å². The van der Waals surface area contributed by atoms with Gasteiger partial charge in [-0.15, -0.1) is 0 Å². The summed E-state index contributed by atoms with van der Waals surface area (Å²) in [5.41, 5.74) is 0.953. The van der Waals surface area contributed by atoms with Gasteiger partial charge < -0.3 is 5.11 Å². The summed E-state index contributed by atoms with van der Waals surface area (Å²) in [5, 5.41) is 20.4. The average molecular weight is 302 g/mol. The molecular formula is C12H16BrNO3. The standard InChI is InChI=1S/C12H16BrNO3/c1-7(2)12(8(3)15)10-5-4-9(14(16)17)6-11(10)13/h4-8,12,15H,1-3H3. The van der Waals surface area contributed by atoms with Crippen molar-refractivity contribution in [1.29, 1.82) is 0 Å². The minimum Gasteiger partial charge on any atom is -0.393 e. The molecule has 0 aliphatic carbocycles. The quantitative estimate of drug-likeness (QED) is 0.684. The maximum Gasteiger partial charge on any atom is 0.270 e. The molecule has 0 aliphatic heterocycles. The lowest BCUT2D eigenvalue weighted by Crippen LogP contribution is -2.20. The molecule has 1 aromatic rings. The summed E-state index contributed by atoms with van der Waals surface area (Å²) >= 11 is 3.34. The zero-order valence-corrected chi connectivity index (χ0v) is 11.6. The molecule has 1 N–H and O–H groups in total. The van der Waals surface area contributed by atoms with E-state index in [0.717, 1.165) is 5.56 Å². The Bertz CT molecular complexity index is 410. The van der Waals surface area contributed by atoms with Gasteiger partial charge in [0.2, 0.25) is 0 Å². The minimum atomic E-state index is -0.493. The summed E-state index contributed by atoms with van der Waals surface area (Å²) in [5.74, 6) is 0.220. The second-order valence-electron chi connectivity index (χ2n) is 4.47. The number of halogens is 1. The highest BCUT2D eigenvalue weighted by molar-refractivity contribution is 9.10. The summed E-state index contributed by atoms with van der Waals surface area (Å²) < 4.78 is 0.673. The summed E-state index contributed by atoms with van der Waals surface area (Å²) in [6.07, 6.45) is -0.493. The van der Waals surface area contributed by atoms with Gasteiger partial charge in [0.1, 0.15) is 0 Å². The van der Waals surface area contributed by atoms with Gasteiger partial charge in [0.05, 0.1) is 11.0 Å². The molecule has 1 aromatic carbocycles. The SMILES string of the molecule is CC(C)C(c1ccc([N+](=O)[O-])cc1Br)C(C)O. The molecule has 5 heteroatoms. The molecule has 2 atom stereocenters. The van der Waals surface area contributed by atoms with Gasteiger partial charge >= 0.3 is 0 Å². The number of aliphatic hydroxyl groups is 1. The number of hydrogen-bond donors (Lipinski definition) is 1. The number of nitro benzene ring substituents is 1. The van der Waals surface area contributed by atoms with Crippen molar-refractivity contribution >= 4 is 21.6 Å². The maximum atomic E-state index is 10.6. The van der Waals surface area contributed by atoms with E-state index in [9.17, 15) is 15.2 Å². The van der Waals surface area contributed by atoms with E-state index in [4.69, 9.17) is 0 Å². The Kier molecular flexibility index (Phi) is 4.65. The van der Waals surface area contributed by atoms with Crippen LogP contribution in [0.25, 0.3) is 0 Å². The molecule has 0 fully saturated rings. The Morgan fingerprint density at radius 2 is 1.94 bits per heavy atom. The minimum absolute atomic E-state index is 0.0369. The first-order valence-electron chi connectivity index (χ1n) is 5.46. The van der Waals surface area contributed by atoms with E-state index < -0.39 is 11.0 Å². The molecule has 0 saturated heterocycles. The Morgan fingerprint density at radius 1 is 1.35 bits per heavy atom. The fraction of sp³-hybridized carbons (Fsp3) is 0.500. The van der Waals surface area contributed by atoms with Gasteiger partial charge in [-0.3, -0.25) is 10.1 Å². The smallest absolute Gasteiger partial charge is 0.270 e. The summed E-state index contributed by atoms with van der Waals surface area (Å²) in [6.45, 7) is 5.77. The first kappa shape index (κ1) is 14.1. The van der Waals surface area contributed by atoms with Crippen molar-refractivity contribution < 1.29 is 10.0 Å². The van der Waals surface area contributed by atoms with Gasteiger partial charge in [-0.2, -0.15) is 0 Å². The predicted octanol–water partition coefficient (Wildman–Crippen LogP) is 3.48. The third-order valence-corrected chi connectivity index (χ3v) is 3.48. The van der Waals surface area contributed by atoms with Crippen LogP contribution in [0.4, 0.5) is 5.69 Å². The van der Waals surface area contributed by atoms with Crippen LogP contribution in [0.15, 0.2) is 22.7 Å². The summed E-state index contributed by atoms with van der Waals surface area (Å²) in [6, 6.07) is 4.66.